The lowest BCUT2D eigenvalue weighted by Gasteiger charge is -2.34. The lowest BCUT2D eigenvalue weighted by atomic mass is 9.59. The fourth-order valence-electron chi connectivity index (χ4n) is 7.06. The predicted molar refractivity (Wildman–Crippen MR) is 139 cm³/mol. The second-order valence-corrected chi connectivity index (χ2v) is 11.6. The van der Waals surface area contributed by atoms with Gasteiger partial charge in [0.25, 0.3) is 0 Å². The van der Waals surface area contributed by atoms with Crippen molar-refractivity contribution in [1.29, 1.82) is 0 Å². The second kappa shape index (κ2) is 14.7. The van der Waals surface area contributed by atoms with Crippen molar-refractivity contribution in [3.05, 3.63) is 0 Å². The first-order chi connectivity index (χ1) is 15.2. The van der Waals surface area contributed by atoms with Gasteiger partial charge in [-0.25, -0.2) is 0 Å². The van der Waals surface area contributed by atoms with Crippen LogP contribution in [-0.2, 0) is 0 Å². The Bertz CT molecular complexity index is 482. The Hall–Kier alpha value is -0.400. The van der Waals surface area contributed by atoms with Crippen LogP contribution in [0.4, 0.5) is 4.79 Å². The van der Waals surface area contributed by atoms with Crippen LogP contribution in [0.15, 0.2) is 0 Å². The maximum absolute atomic E-state index is 12.8. The predicted octanol–water partition coefficient (Wildman–Crippen LogP) is 7.64. The molecule has 3 rings (SSSR count). The molecule has 0 aliphatic heterocycles. The van der Waals surface area contributed by atoms with Crippen molar-refractivity contribution < 1.29 is 4.79 Å². The molecule has 4 heteroatoms. The summed E-state index contributed by atoms with van der Waals surface area (Å²) in [5.41, 5.74) is 0. The molecule has 0 spiro atoms. The SMILES string of the molecule is CBC1CCCCC(C2CCC(NC(=O)BC3CCCCCCCCC3)CC2)CCC1. The molecule has 0 aromatic carbocycles. The van der Waals surface area contributed by atoms with E-state index in [0.29, 0.717) is 17.7 Å². The Morgan fingerprint density at radius 3 is 1.74 bits per heavy atom. The Kier molecular flexibility index (Phi) is 12.0. The minimum atomic E-state index is 0.360. The van der Waals surface area contributed by atoms with Crippen LogP contribution < -0.4 is 5.32 Å². The van der Waals surface area contributed by atoms with Crippen LogP contribution in [0.5, 0.6) is 0 Å². The van der Waals surface area contributed by atoms with E-state index in [4.69, 9.17) is 0 Å². The van der Waals surface area contributed by atoms with Crippen molar-refractivity contribution in [3.63, 3.8) is 0 Å². The van der Waals surface area contributed by atoms with Gasteiger partial charge in [0.15, 0.2) is 5.81 Å². The number of nitrogens with one attached hydrogen (secondary N) is 1. The molecular formula is C27H51B2NO. The zero-order valence-electron chi connectivity index (χ0n) is 20.9. The van der Waals surface area contributed by atoms with Crippen molar-refractivity contribution in [3.8, 4) is 0 Å². The van der Waals surface area contributed by atoms with Crippen molar-refractivity contribution in [2.24, 2.45) is 11.8 Å². The molecule has 1 amide bonds. The summed E-state index contributed by atoms with van der Waals surface area (Å²) in [6, 6.07) is 0.462. The highest BCUT2D eigenvalue weighted by Gasteiger charge is 2.29. The number of carbonyl (C=O) groups excluding carboxylic acids is 1. The lowest BCUT2D eigenvalue weighted by molar-refractivity contribution is 0.195. The van der Waals surface area contributed by atoms with Crippen molar-refractivity contribution in [2.45, 2.75) is 153 Å². The van der Waals surface area contributed by atoms with E-state index in [-0.39, 0.29) is 0 Å². The summed E-state index contributed by atoms with van der Waals surface area (Å²) in [6.45, 7) is 2.38. The molecular weight excluding hydrogens is 376 g/mol. The molecule has 176 valence electrons. The normalized spacial score (nSPS) is 32.7. The van der Waals surface area contributed by atoms with Gasteiger partial charge in [0.2, 0.25) is 7.28 Å². The Morgan fingerprint density at radius 2 is 1.06 bits per heavy atom. The van der Waals surface area contributed by atoms with E-state index >= 15 is 0 Å². The van der Waals surface area contributed by atoms with E-state index in [2.05, 4.69) is 12.1 Å². The molecule has 3 saturated carbocycles. The maximum atomic E-state index is 12.8. The molecule has 3 aliphatic rings. The summed E-state index contributed by atoms with van der Waals surface area (Å²) >= 11 is 0. The Balaban J connectivity index is 1.36. The third-order valence-electron chi connectivity index (χ3n) is 9.20. The third-order valence-corrected chi connectivity index (χ3v) is 9.20. The third kappa shape index (κ3) is 9.55. The molecule has 0 bridgehead atoms. The highest BCUT2D eigenvalue weighted by atomic mass is 16.1. The summed E-state index contributed by atoms with van der Waals surface area (Å²) < 4.78 is 0. The number of carbonyl (C=O) groups is 1. The van der Waals surface area contributed by atoms with Crippen LogP contribution in [-0.4, -0.2) is 26.4 Å². The van der Waals surface area contributed by atoms with Gasteiger partial charge in [-0.1, -0.05) is 121 Å². The molecule has 31 heavy (non-hydrogen) atoms. The summed E-state index contributed by atoms with van der Waals surface area (Å²) in [5.74, 6) is 3.90. The average Bonchev–Trinajstić information content (AvgIpc) is 2.90. The number of rotatable bonds is 5. The Labute approximate surface area is 195 Å². The molecule has 0 heterocycles. The van der Waals surface area contributed by atoms with E-state index in [9.17, 15) is 4.79 Å². The van der Waals surface area contributed by atoms with Crippen molar-refractivity contribution in [1.82, 2.24) is 5.32 Å². The second-order valence-electron chi connectivity index (χ2n) is 11.6. The monoisotopic (exact) mass is 427 g/mol. The van der Waals surface area contributed by atoms with Gasteiger partial charge >= 0.3 is 0 Å². The van der Waals surface area contributed by atoms with E-state index in [1.165, 1.54) is 136 Å². The highest BCUT2D eigenvalue weighted by Crippen LogP contribution is 2.38. The van der Waals surface area contributed by atoms with Crippen LogP contribution in [0.25, 0.3) is 0 Å². The first-order valence-corrected chi connectivity index (χ1v) is 14.5. The van der Waals surface area contributed by atoms with E-state index in [0.717, 1.165) is 24.9 Å². The van der Waals surface area contributed by atoms with Gasteiger partial charge < -0.3 is 5.32 Å². The van der Waals surface area contributed by atoms with E-state index < -0.39 is 0 Å². The van der Waals surface area contributed by atoms with Gasteiger partial charge in [0.05, 0.1) is 0 Å². The van der Waals surface area contributed by atoms with E-state index in [1.807, 2.05) is 0 Å². The van der Waals surface area contributed by atoms with Gasteiger partial charge in [-0.3, -0.25) is 4.79 Å². The standard InChI is InChI=1S/C27H51B2NO/c1-28-24-14-10-9-12-22(13-11-17-24)23-18-20-26(21-19-23)30-27(31)29-25-15-7-5-3-2-4-6-8-16-25/h22-26,28-29H,2-21H2,1H3,(H,30,31). The summed E-state index contributed by atoms with van der Waals surface area (Å²) in [6.07, 6.45) is 27.7. The molecule has 3 aliphatic carbocycles. The minimum Gasteiger partial charge on any atom is -0.362 e. The van der Waals surface area contributed by atoms with Gasteiger partial charge in [0.1, 0.15) is 7.28 Å². The fourth-order valence-corrected chi connectivity index (χ4v) is 7.06. The average molecular weight is 427 g/mol. The maximum Gasteiger partial charge on any atom is 0.237 e. The van der Waals surface area contributed by atoms with Crippen LogP contribution in [0.1, 0.15) is 128 Å². The molecule has 3 fully saturated rings. The lowest BCUT2D eigenvalue weighted by Crippen LogP contribution is -2.41. The van der Waals surface area contributed by atoms with E-state index in [1.54, 1.807) is 0 Å². The largest absolute Gasteiger partial charge is 0.362 e. The van der Waals surface area contributed by atoms with Crippen LogP contribution in [0.3, 0.4) is 0 Å². The van der Waals surface area contributed by atoms with Crippen LogP contribution in [0, 0.1) is 11.8 Å². The zero-order valence-corrected chi connectivity index (χ0v) is 20.9. The molecule has 0 radical (unpaired) electrons. The molecule has 1 N–H and O–H groups in total. The molecule has 2 atom stereocenters. The van der Waals surface area contributed by atoms with Gasteiger partial charge in [-0.2, -0.15) is 0 Å². The molecule has 0 saturated heterocycles. The number of hydrogen-bond donors (Lipinski definition) is 1. The summed E-state index contributed by atoms with van der Waals surface area (Å²) in [4.78, 5) is 12.8. The number of amides is 1. The first kappa shape index (κ1) is 25.2. The highest BCUT2D eigenvalue weighted by molar-refractivity contribution is 6.74. The molecule has 2 nitrogen and oxygen atoms in total. The van der Waals surface area contributed by atoms with Crippen LogP contribution in [0.2, 0.25) is 18.5 Å². The Morgan fingerprint density at radius 1 is 0.581 bits per heavy atom. The molecule has 2 unspecified atom stereocenters. The summed E-state index contributed by atoms with van der Waals surface area (Å²) in [7, 11) is 2.18. The zero-order chi connectivity index (χ0) is 21.7. The van der Waals surface area contributed by atoms with Crippen LogP contribution >= 0.6 is 0 Å². The quantitative estimate of drug-likeness (QED) is 0.449. The molecule has 0 aromatic heterocycles. The minimum absolute atomic E-state index is 0.360. The van der Waals surface area contributed by atoms with Gasteiger partial charge in [0, 0.05) is 6.04 Å². The van der Waals surface area contributed by atoms with Crippen molar-refractivity contribution in [2.75, 3.05) is 0 Å². The molecule has 0 aromatic rings. The summed E-state index contributed by atoms with van der Waals surface area (Å²) in [5, 5.41) is 3.46. The van der Waals surface area contributed by atoms with Gasteiger partial charge in [-0.05, 0) is 37.5 Å². The number of hydrogen-bond acceptors (Lipinski definition) is 1. The smallest absolute Gasteiger partial charge is 0.237 e. The van der Waals surface area contributed by atoms with Crippen molar-refractivity contribution >= 4 is 20.4 Å². The fraction of sp³-hybridized carbons (Fsp3) is 0.963. The topological polar surface area (TPSA) is 29.1 Å². The first-order valence-electron chi connectivity index (χ1n) is 14.5. The van der Waals surface area contributed by atoms with Gasteiger partial charge in [-0.15, -0.1) is 0 Å².